The van der Waals surface area contributed by atoms with Crippen molar-refractivity contribution in [2.75, 3.05) is 18.6 Å². The molecular weight excluding hydrogens is 344 g/mol. The highest BCUT2D eigenvalue weighted by Gasteiger charge is 2.52. The minimum absolute atomic E-state index is 0.285. The van der Waals surface area contributed by atoms with Gasteiger partial charge in [0.05, 0.1) is 12.8 Å². The summed E-state index contributed by atoms with van der Waals surface area (Å²) in [6.45, 7) is 0.941. The maximum absolute atomic E-state index is 5.27. The molecule has 26 heavy (non-hydrogen) atoms. The van der Waals surface area contributed by atoms with Crippen LogP contribution in [0.1, 0.15) is 18.4 Å². The van der Waals surface area contributed by atoms with Gasteiger partial charge in [-0.1, -0.05) is 6.07 Å². The van der Waals surface area contributed by atoms with Crippen LogP contribution in [0.4, 0.5) is 11.6 Å². The summed E-state index contributed by atoms with van der Waals surface area (Å²) in [5.41, 5.74) is 4.54. The minimum atomic E-state index is 0.285. The molecule has 0 saturated heterocycles. The van der Waals surface area contributed by atoms with Crippen LogP contribution < -0.4 is 9.64 Å². The third-order valence-electron chi connectivity index (χ3n) is 5.30. The molecule has 3 heterocycles. The SMILES string of the molecule is COc1ccnc(-c2cnc(N3CC4(CC4)c4ccc(S)cc43)nc2)c1. The van der Waals surface area contributed by atoms with E-state index < -0.39 is 0 Å². The molecule has 0 radical (unpaired) electrons. The van der Waals surface area contributed by atoms with Crippen LogP contribution in [0, 0.1) is 0 Å². The van der Waals surface area contributed by atoms with Crippen molar-refractivity contribution in [3.63, 3.8) is 0 Å². The third kappa shape index (κ3) is 2.44. The number of fused-ring (bicyclic) bond motifs is 2. The maximum Gasteiger partial charge on any atom is 0.229 e. The number of benzene rings is 1. The van der Waals surface area contributed by atoms with E-state index in [0.29, 0.717) is 0 Å². The van der Waals surface area contributed by atoms with Crippen molar-refractivity contribution in [3.05, 3.63) is 54.5 Å². The predicted octanol–water partition coefficient (Wildman–Crippen LogP) is 4.02. The maximum atomic E-state index is 5.27. The summed E-state index contributed by atoms with van der Waals surface area (Å²) in [7, 11) is 1.65. The number of thiol groups is 1. The fourth-order valence-electron chi connectivity index (χ4n) is 3.71. The molecule has 0 N–H and O–H groups in total. The summed E-state index contributed by atoms with van der Waals surface area (Å²) in [6.07, 6.45) is 7.84. The van der Waals surface area contributed by atoms with E-state index in [9.17, 15) is 0 Å². The fourth-order valence-corrected chi connectivity index (χ4v) is 3.91. The van der Waals surface area contributed by atoms with Crippen LogP contribution in [0.15, 0.2) is 53.8 Å². The van der Waals surface area contributed by atoms with Crippen LogP contribution in [0.2, 0.25) is 0 Å². The Balaban J connectivity index is 1.50. The molecule has 2 aromatic heterocycles. The van der Waals surface area contributed by atoms with Gasteiger partial charge in [0.25, 0.3) is 0 Å². The first-order chi connectivity index (χ1) is 12.7. The number of hydrogen-bond acceptors (Lipinski definition) is 6. The zero-order chi connectivity index (χ0) is 17.7. The number of rotatable bonds is 3. The molecule has 1 aromatic carbocycles. The van der Waals surface area contributed by atoms with Crippen LogP contribution in [0.3, 0.4) is 0 Å². The largest absolute Gasteiger partial charge is 0.497 e. The number of pyridine rings is 1. The zero-order valence-corrected chi connectivity index (χ0v) is 15.3. The molecule has 130 valence electrons. The van der Waals surface area contributed by atoms with Crippen molar-refractivity contribution < 1.29 is 4.74 Å². The van der Waals surface area contributed by atoms with Gasteiger partial charge in [0.2, 0.25) is 5.95 Å². The number of aromatic nitrogens is 3. The number of ether oxygens (including phenoxy) is 1. The van der Waals surface area contributed by atoms with E-state index in [4.69, 9.17) is 4.74 Å². The zero-order valence-electron chi connectivity index (χ0n) is 14.4. The van der Waals surface area contributed by atoms with Crippen molar-refractivity contribution in [2.24, 2.45) is 0 Å². The summed E-state index contributed by atoms with van der Waals surface area (Å²) < 4.78 is 5.27. The van der Waals surface area contributed by atoms with Crippen molar-refractivity contribution in [3.8, 4) is 17.0 Å². The molecule has 6 heteroatoms. The second kappa shape index (κ2) is 5.71. The molecule has 1 spiro atoms. The number of anilines is 2. The van der Waals surface area contributed by atoms with E-state index in [2.05, 4.69) is 50.7 Å². The molecule has 1 fully saturated rings. The lowest BCUT2D eigenvalue weighted by atomic mass is 9.99. The monoisotopic (exact) mass is 362 g/mol. The van der Waals surface area contributed by atoms with Crippen molar-refractivity contribution >= 4 is 24.3 Å². The molecule has 5 nitrogen and oxygen atoms in total. The highest BCUT2D eigenvalue weighted by Crippen LogP contribution is 2.57. The molecule has 1 aliphatic carbocycles. The number of hydrogen-bond donors (Lipinski definition) is 1. The van der Waals surface area contributed by atoms with Gasteiger partial charge in [0.15, 0.2) is 0 Å². The first kappa shape index (κ1) is 15.6. The summed E-state index contributed by atoms with van der Waals surface area (Å²) in [5.74, 6) is 1.49. The Labute approximate surface area is 157 Å². The van der Waals surface area contributed by atoms with Gasteiger partial charge in [0.1, 0.15) is 5.75 Å². The van der Waals surface area contributed by atoms with Gasteiger partial charge in [0, 0.05) is 52.8 Å². The Morgan fingerprint density at radius 3 is 2.62 bits per heavy atom. The Morgan fingerprint density at radius 2 is 1.88 bits per heavy atom. The molecule has 3 aromatic rings. The molecule has 1 aliphatic heterocycles. The van der Waals surface area contributed by atoms with E-state index in [0.717, 1.165) is 34.4 Å². The second-order valence-corrected chi connectivity index (χ2v) is 7.44. The average Bonchev–Trinajstić information content (AvgIpc) is 3.39. The van der Waals surface area contributed by atoms with Crippen LogP contribution in [0.5, 0.6) is 5.75 Å². The van der Waals surface area contributed by atoms with Crippen molar-refractivity contribution in [1.82, 2.24) is 15.0 Å². The quantitative estimate of drug-likeness (QED) is 0.713. The molecule has 1 saturated carbocycles. The normalized spacial score (nSPS) is 16.6. The molecular formula is C20H18N4OS. The molecule has 0 unspecified atom stereocenters. The Morgan fingerprint density at radius 1 is 1.08 bits per heavy atom. The Hall–Kier alpha value is -2.60. The van der Waals surface area contributed by atoms with Gasteiger partial charge in [-0.3, -0.25) is 4.98 Å². The first-order valence-electron chi connectivity index (χ1n) is 8.62. The smallest absolute Gasteiger partial charge is 0.229 e. The lowest BCUT2D eigenvalue weighted by molar-refractivity contribution is 0.414. The van der Waals surface area contributed by atoms with Crippen LogP contribution in [0.25, 0.3) is 11.3 Å². The minimum Gasteiger partial charge on any atom is -0.497 e. The van der Waals surface area contributed by atoms with E-state index in [1.807, 2.05) is 24.5 Å². The van der Waals surface area contributed by atoms with Gasteiger partial charge in [-0.15, -0.1) is 12.6 Å². The van der Waals surface area contributed by atoms with Gasteiger partial charge in [-0.05, 0) is 36.6 Å². The van der Waals surface area contributed by atoms with Gasteiger partial charge in [-0.25, -0.2) is 9.97 Å². The van der Waals surface area contributed by atoms with Crippen LogP contribution in [-0.4, -0.2) is 28.6 Å². The third-order valence-corrected chi connectivity index (χ3v) is 5.58. The second-order valence-electron chi connectivity index (χ2n) is 6.92. The highest BCUT2D eigenvalue weighted by atomic mass is 32.1. The molecule has 0 atom stereocenters. The van der Waals surface area contributed by atoms with Crippen molar-refractivity contribution in [2.45, 2.75) is 23.2 Å². The average molecular weight is 362 g/mol. The van der Waals surface area contributed by atoms with E-state index in [1.54, 1.807) is 13.3 Å². The summed E-state index contributed by atoms with van der Waals surface area (Å²) in [5, 5.41) is 0. The predicted molar refractivity (Wildman–Crippen MR) is 103 cm³/mol. The molecule has 0 amide bonds. The Bertz CT molecular complexity index is 985. The topological polar surface area (TPSA) is 51.1 Å². The van der Waals surface area contributed by atoms with E-state index >= 15 is 0 Å². The Kier molecular flexibility index (Phi) is 3.43. The van der Waals surface area contributed by atoms with Gasteiger partial charge >= 0.3 is 0 Å². The summed E-state index contributed by atoms with van der Waals surface area (Å²) in [4.78, 5) is 16.8. The lowest BCUT2D eigenvalue weighted by Gasteiger charge is -2.18. The number of methoxy groups -OCH3 is 1. The lowest BCUT2D eigenvalue weighted by Crippen LogP contribution is -2.21. The highest BCUT2D eigenvalue weighted by molar-refractivity contribution is 7.80. The van der Waals surface area contributed by atoms with E-state index in [1.165, 1.54) is 24.1 Å². The number of nitrogens with zero attached hydrogens (tertiary/aromatic N) is 4. The molecule has 0 bridgehead atoms. The molecule has 2 aliphatic rings. The summed E-state index contributed by atoms with van der Waals surface area (Å²) in [6, 6.07) is 10.1. The molecule has 5 rings (SSSR count). The van der Waals surface area contributed by atoms with Gasteiger partial charge in [-0.2, -0.15) is 0 Å². The summed E-state index contributed by atoms with van der Waals surface area (Å²) >= 11 is 4.51. The van der Waals surface area contributed by atoms with Crippen LogP contribution in [-0.2, 0) is 5.41 Å². The van der Waals surface area contributed by atoms with Crippen molar-refractivity contribution in [1.29, 1.82) is 0 Å². The van der Waals surface area contributed by atoms with E-state index in [-0.39, 0.29) is 5.41 Å². The van der Waals surface area contributed by atoms with Crippen LogP contribution >= 0.6 is 12.6 Å². The fraction of sp³-hybridized carbons (Fsp3) is 0.250. The first-order valence-corrected chi connectivity index (χ1v) is 9.07. The standard InChI is InChI=1S/C20H18N4OS/c1-25-14-4-7-21-17(8-14)13-10-22-19(23-11-13)24-12-20(5-6-20)16-3-2-15(26)9-18(16)24/h2-4,7-11,26H,5-6,12H2,1H3. The van der Waals surface area contributed by atoms with Gasteiger partial charge < -0.3 is 9.64 Å².